The molecule has 2 rings (SSSR count). The molecule has 5 nitrogen and oxygen atoms in total. The monoisotopic (exact) mass is 249 g/mol. The topological polar surface area (TPSA) is 76.4 Å². The molecular weight excluding hydrogens is 230 g/mol. The maximum Gasteiger partial charge on any atom is 0.246 e. The zero-order valence-corrected chi connectivity index (χ0v) is 10.5. The maximum absolute atomic E-state index is 11.9. The Hall–Kier alpha value is -1.59. The number of hydrogen-bond donors (Lipinski definition) is 3. The molecule has 1 heterocycles. The molecule has 0 aliphatic carbocycles. The van der Waals surface area contributed by atoms with Gasteiger partial charge >= 0.3 is 0 Å². The van der Waals surface area contributed by atoms with E-state index in [1.165, 1.54) is 0 Å². The highest BCUT2D eigenvalue weighted by Crippen LogP contribution is 2.33. The lowest BCUT2D eigenvalue weighted by Crippen LogP contribution is -2.28. The van der Waals surface area contributed by atoms with Gasteiger partial charge in [-0.3, -0.25) is 4.79 Å². The Kier molecular flexibility index (Phi) is 4.17. The summed E-state index contributed by atoms with van der Waals surface area (Å²) >= 11 is 0. The van der Waals surface area contributed by atoms with Crippen molar-refractivity contribution in [2.45, 2.75) is 18.9 Å². The van der Waals surface area contributed by atoms with Crippen LogP contribution < -0.4 is 21.1 Å². The number of carbonyl (C=O) groups excluding carboxylic acids is 1. The highest BCUT2D eigenvalue weighted by atomic mass is 16.5. The molecule has 0 spiro atoms. The maximum atomic E-state index is 11.9. The molecule has 4 N–H and O–H groups in total. The van der Waals surface area contributed by atoms with Gasteiger partial charge in [-0.15, -0.1) is 0 Å². The van der Waals surface area contributed by atoms with Crippen LogP contribution in [0.4, 0.5) is 5.69 Å². The number of methoxy groups -OCH3 is 1. The van der Waals surface area contributed by atoms with Crippen LogP contribution in [0.3, 0.4) is 0 Å². The first-order chi connectivity index (χ1) is 8.76. The molecule has 0 fully saturated rings. The largest absolute Gasteiger partial charge is 0.497 e. The van der Waals surface area contributed by atoms with Gasteiger partial charge in [-0.05, 0) is 44.1 Å². The van der Waals surface area contributed by atoms with E-state index in [0.717, 1.165) is 36.4 Å². The molecule has 0 saturated heterocycles. The Morgan fingerprint density at radius 1 is 1.44 bits per heavy atom. The van der Waals surface area contributed by atoms with Gasteiger partial charge in [0.2, 0.25) is 5.91 Å². The van der Waals surface area contributed by atoms with E-state index in [1.807, 2.05) is 18.2 Å². The normalized spacial score (nSPS) is 17.4. The second-order valence-corrected chi connectivity index (χ2v) is 4.33. The Bertz CT molecular complexity index is 434. The Labute approximate surface area is 107 Å². The summed E-state index contributed by atoms with van der Waals surface area (Å²) in [5.74, 6) is 0.755. The summed E-state index contributed by atoms with van der Waals surface area (Å²) in [4.78, 5) is 11.9. The predicted molar refractivity (Wildman–Crippen MR) is 70.7 cm³/mol. The predicted octanol–water partition coefficient (Wildman–Crippen LogP) is 1.02. The average Bonchev–Trinajstić information content (AvgIpc) is 2.70. The molecule has 1 atom stereocenters. The number of amides is 1. The fraction of sp³-hybridized carbons (Fsp3) is 0.462. The van der Waals surface area contributed by atoms with Gasteiger partial charge in [-0.2, -0.15) is 0 Å². The van der Waals surface area contributed by atoms with E-state index >= 15 is 0 Å². The lowest BCUT2D eigenvalue weighted by molar-refractivity contribution is -0.117. The van der Waals surface area contributed by atoms with Crippen molar-refractivity contribution in [1.29, 1.82) is 0 Å². The zero-order chi connectivity index (χ0) is 13.0. The van der Waals surface area contributed by atoms with Gasteiger partial charge in [0.15, 0.2) is 0 Å². The first-order valence-corrected chi connectivity index (χ1v) is 6.18. The number of benzene rings is 1. The summed E-state index contributed by atoms with van der Waals surface area (Å²) in [6.07, 6.45) is 1.94. The lowest BCUT2D eigenvalue weighted by Gasteiger charge is -2.11. The number of carbonyl (C=O) groups is 1. The number of hydrogen-bond acceptors (Lipinski definition) is 4. The summed E-state index contributed by atoms with van der Waals surface area (Å²) in [5, 5.41) is 6.11. The third-order valence-corrected chi connectivity index (χ3v) is 3.07. The summed E-state index contributed by atoms with van der Waals surface area (Å²) in [5.41, 5.74) is 7.25. The molecule has 1 aromatic rings. The Balaban J connectivity index is 2.06. The van der Waals surface area contributed by atoms with Gasteiger partial charge in [0.25, 0.3) is 0 Å². The van der Waals surface area contributed by atoms with Crippen molar-refractivity contribution >= 4 is 11.6 Å². The highest BCUT2D eigenvalue weighted by Gasteiger charge is 2.30. The number of unbranched alkanes of at least 4 members (excludes halogenated alkanes) is 1. The van der Waals surface area contributed by atoms with Crippen LogP contribution in [-0.2, 0) is 4.79 Å². The van der Waals surface area contributed by atoms with Gasteiger partial charge in [0.05, 0.1) is 7.11 Å². The van der Waals surface area contributed by atoms with Gasteiger partial charge in [0.1, 0.15) is 11.8 Å². The fourth-order valence-electron chi connectivity index (χ4n) is 2.08. The SMILES string of the molecule is COc1ccc2c(c1)C(NCCCCN)C(=O)N2. The van der Waals surface area contributed by atoms with Crippen molar-refractivity contribution in [2.24, 2.45) is 5.73 Å². The second-order valence-electron chi connectivity index (χ2n) is 4.33. The third-order valence-electron chi connectivity index (χ3n) is 3.07. The fourth-order valence-corrected chi connectivity index (χ4v) is 2.08. The molecule has 0 saturated carbocycles. The zero-order valence-electron chi connectivity index (χ0n) is 10.5. The van der Waals surface area contributed by atoms with Crippen LogP contribution in [0.2, 0.25) is 0 Å². The van der Waals surface area contributed by atoms with Crippen molar-refractivity contribution in [1.82, 2.24) is 5.32 Å². The minimum absolute atomic E-state index is 0.00833. The van der Waals surface area contributed by atoms with E-state index in [2.05, 4.69) is 10.6 Å². The molecule has 1 amide bonds. The summed E-state index contributed by atoms with van der Waals surface area (Å²) in [6.45, 7) is 1.47. The number of anilines is 1. The minimum Gasteiger partial charge on any atom is -0.497 e. The summed E-state index contributed by atoms with van der Waals surface area (Å²) in [7, 11) is 1.62. The quantitative estimate of drug-likeness (QED) is 0.658. The van der Waals surface area contributed by atoms with Crippen LogP contribution in [0.25, 0.3) is 0 Å². The van der Waals surface area contributed by atoms with Crippen molar-refractivity contribution in [3.8, 4) is 5.75 Å². The molecular formula is C13H19N3O2. The minimum atomic E-state index is -0.284. The third kappa shape index (κ3) is 2.63. The molecule has 0 bridgehead atoms. The van der Waals surface area contributed by atoms with E-state index < -0.39 is 0 Å². The molecule has 98 valence electrons. The highest BCUT2D eigenvalue weighted by molar-refractivity contribution is 6.02. The molecule has 1 aliphatic heterocycles. The van der Waals surface area contributed by atoms with Gasteiger partial charge in [-0.1, -0.05) is 0 Å². The molecule has 1 unspecified atom stereocenters. The molecule has 1 aromatic carbocycles. The molecule has 18 heavy (non-hydrogen) atoms. The smallest absolute Gasteiger partial charge is 0.246 e. The number of nitrogens with one attached hydrogen (secondary N) is 2. The number of nitrogens with two attached hydrogens (primary N) is 1. The Morgan fingerprint density at radius 2 is 2.28 bits per heavy atom. The first-order valence-electron chi connectivity index (χ1n) is 6.18. The van der Waals surface area contributed by atoms with Crippen molar-refractivity contribution in [2.75, 3.05) is 25.5 Å². The van der Waals surface area contributed by atoms with Crippen molar-refractivity contribution in [3.63, 3.8) is 0 Å². The summed E-state index contributed by atoms with van der Waals surface area (Å²) in [6, 6.07) is 5.32. The number of rotatable bonds is 6. The van der Waals surface area contributed by atoms with E-state index in [9.17, 15) is 4.79 Å². The molecule has 0 aromatic heterocycles. The molecule has 5 heteroatoms. The summed E-state index contributed by atoms with van der Waals surface area (Å²) < 4.78 is 5.18. The number of ether oxygens (including phenoxy) is 1. The van der Waals surface area contributed by atoms with E-state index in [-0.39, 0.29) is 11.9 Å². The van der Waals surface area contributed by atoms with E-state index in [1.54, 1.807) is 7.11 Å². The van der Waals surface area contributed by atoms with E-state index in [0.29, 0.717) is 6.54 Å². The van der Waals surface area contributed by atoms with Crippen LogP contribution in [0.5, 0.6) is 5.75 Å². The van der Waals surface area contributed by atoms with Crippen LogP contribution in [0, 0.1) is 0 Å². The van der Waals surface area contributed by atoms with Crippen molar-refractivity contribution in [3.05, 3.63) is 23.8 Å². The average molecular weight is 249 g/mol. The standard InChI is InChI=1S/C13H19N3O2/c1-18-9-4-5-11-10(8-9)12(13(17)16-11)15-7-3-2-6-14/h4-5,8,12,15H,2-3,6-7,14H2,1H3,(H,16,17). The second kappa shape index (κ2) is 5.84. The Morgan fingerprint density at radius 3 is 3.00 bits per heavy atom. The first kappa shape index (κ1) is 12.9. The molecule has 1 aliphatic rings. The molecule has 0 radical (unpaired) electrons. The van der Waals surface area contributed by atoms with Crippen LogP contribution >= 0.6 is 0 Å². The van der Waals surface area contributed by atoms with Gasteiger partial charge in [0, 0.05) is 11.3 Å². The number of fused-ring (bicyclic) bond motifs is 1. The van der Waals surface area contributed by atoms with Gasteiger partial charge in [-0.25, -0.2) is 0 Å². The van der Waals surface area contributed by atoms with Crippen LogP contribution in [-0.4, -0.2) is 26.1 Å². The van der Waals surface area contributed by atoms with Crippen LogP contribution in [0.15, 0.2) is 18.2 Å². The van der Waals surface area contributed by atoms with Crippen molar-refractivity contribution < 1.29 is 9.53 Å². The van der Waals surface area contributed by atoms with Crippen LogP contribution in [0.1, 0.15) is 24.4 Å². The lowest BCUT2D eigenvalue weighted by atomic mass is 10.1. The van der Waals surface area contributed by atoms with Gasteiger partial charge < -0.3 is 21.1 Å². The van der Waals surface area contributed by atoms with E-state index in [4.69, 9.17) is 10.5 Å².